The van der Waals surface area contributed by atoms with Crippen LogP contribution in [-0.2, 0) is 9.53 Å². The molecule has 0 N–H and O–H groups in total. The topological polar surface area (TPSA) is 69.7 Å². The fourth-order valence-electron chi connectivity index (χ4n) is 2.71. The van der Waals surface area contributed by atoms with Crippen LogP contribution in [0.25, 0.3) is 0 Å². The molecule has 5 heteroatoms. The van der Waals surface area contributed by atoms with Gasteiger partial charge in [-0.05, 0) is 31.0 Å². The molecule has 0 aliphatic heterocycles. The number of ketones is 1. The molecule has 0 bridgehead atoms. The molecular weight excluding hydrogens is 344 g/mol. The van der Waals surface area contributed by atoms with E-state index in [1.165, 1.54) is 18.6 Å². The summed E-state index contributed by atoms with van der Waals surface area (Å²) in [5.41, 5.74) is 0.485. The van der Waals surface area contributed by atoms with Gasteiger partial charge in [-0.1, -0.05) is 58.8 Å². The molecular formula is C22H31O5. The Balaban J connectivity index is 2.52. The molecule has 0 aliphatic carbocycles. The van der Waals surface area contributed by atoms with E-state index in [0.29, 0.717) is 12.0 Å². The van der Waals surface area contributed by atoms with Gasteiger partial charge in [-0.3, -0.25) is 9.59 Å². The molecule has 1 radical (unpaired) electrons. The fraction of sp³-hybridized carbons (Fsp3) is 0.591. The molecule has 0 aliphatic rings. The van der Waals surface area contributed by atoms with Gasteiger partial charge in [-0.25, -0.2) is 4.79 Å². The van der Waals surface area contributed by atoms with E-state index in [1.807, 2.05) is 0 Å². The van der Waals surface area contributed by atoms with Crippen LogP contribution in [0.3, 0.4) is 0 Å². The van der Waals surface area contributed by atoms with Crippen molar-refractivity contribution in [1.82, 2.24) is 0 Å². The first-order chi connectivity index (χ1) is 13.1. The molecule has 0 saturated carbocycles. The quantitative estimate of drug-likeness (QED) is 0.178. The summed E-state index contributed by atoms with van der Waals surface area (Å²) in [4.78, 5) is 35.1. The van der Waals surface area contributed by atoms with Crippen LogP contribution in [0.5, 0.6) is 5.75 Å². The van der Waals surface area contributed by atoms with Crippen molar-refractivity contribution in [2.45, 2.75) is 78.1 Å². The van der Waals surface area contributed by atoms with Crippen LogP contribution in [0.4, 0.5) is 4.79 Å². The number of unbranched alkanes of at least 4 members (excludes halogenated alkanes) is 7. The molecule has 27 heavy (non-hydrogen) atoms. The van der Waals surface area contributed by atoms with Crippen molar-refractivity contribution < 1.29 is 23.9 Å². The highest BCUT2D eigenvalue weighted by Gasteiger charge is 2.14. The Bertz CT molecular complexity index is 594. The van der Waals surface area contributed by atoms with E-state index >= 15 is 0 Å². The summed E-state index contributed by atoms with van der Waals surface area (Å²) >= 11 is 0. The zero-order chi connectivity index (χ0) is 19.9. The van der Waals surface area contributed by atoms with Gasteiger partial charge in [-0.15, -0.1) is 0 Å². The molecule has 149 valence electrons. The van der Waals surface area contributed by atoms with Crippen LogP contribution in [0.2, 0.25) is 0 Å². The summed E-state index contributed by atoms with van der Waals surface area (Å²) in [5, 5.41) is 0. The van der Waals surface area contributed by atoms with Gasteiger partial charge in [0.15, 0.2) is 5.78 Å². The molecule has 0 saturated heterocycles. The number of carbonyl (C=O) groups excluding carboxylic acids is 3. The number of carbonyl (C=O) groups is 2. The molecule has 0 amide bonds. The SMILES string of the molecule is CCCCCCCC(=O)c1ccc(OC(=O)OCCCCCC)c([C]=O)c1. The van der Waals surface area contributed by atoms with Gasteiger partial charge in [-0.2, -0.15) is 0 Å². The van der Waals surface area contributed by atoms with Crippen LogP contribution in [-0.4, -0.2) is 24.8 Å². The zero-order valence-corrected chi connectivity index (χ0v) is 16.6. The number of ether oxygens (including phenoxy) is 2. The third-order valence-electron chi connectivity index (χ3n) is 4.33. The van der Waals surface area contributed by atoms with E-state index in [0.717, 1.165) is 51.4 Å². The Kier molecular flexibility index (Phi) is 11.8. The summed E-state index contributed by atoms with van der Waals surface area (Å²) in [6, 6.07) is 4.44. The molecule has 0 aromatic heterocycles. The standard InChI is InChI=1S/C22H31O5/c1-3-5-7-9-10-12-20(24)18-13-14-21(19(16-18)17-23)27-22(25)26-15-11-8-6-4-2/h13-14,16H,3-12,15H2,1-2H3. The van der Waals surface area contributed by atoms with E-state index in [-0.39, 0.29) is 23.7 Å². The Morgan fingerprint density at radius 1 is 0.926 bits per heavy atom. The van der Waals surface area contributed by atoms with Gasteiger partial charge in [0.05, 0.1) is 12.2 Å². The molecule has 0 spiro atoms. The molecule has 0 atom stereocenters. The van der Waals surface area contributed by atoms with Crippen LogP contribution >= 0.6 is 0 Å². The normalized spacial score (nSPS) is 10.4. The lowest BCUT2D eigenvalue weighted by molar-refractivity contribution is 0.0972. The average Bonchev–Trinajstić information content (AvgIpc) is 2.67. The van der Waals surface area contributed by atoms with E-state index < -0.39 is 6.16 Å². The van der Waals surface area contributed by atoms with Gasteiger partial charge in [0.2, 0.25) is 6.29 Å². The third-order valence-corrected chi connectivity index (χ3v) is 4.33. The highest BCUT2D eigenvalue weighted by atomic mass is 16.7. The smallest absolute Gasteiger partial charge is 0.434 e. The van der Waals surface area contributed by atoms with Crippen LogP contribution < -0.4 is 4.74 Å². The third kappa shape index (κ3) is 9.36. The van der Waals surface area contributed by atoms with Crippen LogP contribution in [0.1, 0.15) is 94.0 Å². The lowest BCUT2D eigenvalue weighted by Gasteiger charge is -2.09. The van der Waals surface area contributed by atoms with Gasteiger partial charge in [0.25, 0.3) is 0 Å². The van der Waals surface area contributed by atoms with Gasteiger partial charge < -0.3 is 9.47 Å². The van der Waals surface area contributed by atoms with Crippen molar-refractivity contribution in [1.29, 1.82) is 0 Å². The molecule has 0 unspecified atom stereocenters. The van der Waals surface area contributed by atoms with Crippen LogP contribution in [0.15, 0.2) is 18.2 Å². The summed E-state index contributed by atoms with van der Waals surface area (Å²) in [6.07, 6.45) is 10.6. The second-order valence-corrected chi connectivity index (χ2v) is 6.66. The van der Waals surface area contributed by atoms with Crippen molar-refractivity contribution in [3.8, 4) is 5.75 Å². The number of benzene rings is 1. The Hall–Kier alpha value is -2.17. The van der Waals surface area contributed by atoms with E-state index in [4.69, 9.17) is 9.47 Å². The number of Topliss-reactive ketones (excluding diaryl/α,β-unsaturated/α-hetero) is 1. The first-order valence-electron chi connectivity index (χ1n) is 10.0. The largest absolute Gasteiger partial charge is 0.513 e. The summed E-state index contributed by atoms with van der Waals surface area (Å²) in [7, 11) is 0. The maximum absolute atomic E-state index is 12.2. The minimum absolute atomic E-state index is 0.0203. The summed E-state index contributed by atoms with van der Waals surface area (Å²) in [5.74, 6) is 0.0381. The first kappa shape index (κ1) is 22.9. The van der Waals surface area contributed by atoms with Crippen molar-refractivity contribution in [3.05, 3.63) is 29.3 Å². The zero-order valence-electron chi connectivity index (χ0n) is 16.6. The average molecular weight is 375 g/mol. The molecule has 0 heterocycles. The Morgan fingerprint density at radius 3 is 2.26 bits per heavy atom. The lowest BCUT2D eigenvalue weighted by Crippen LogP contribution is -2.13. The Morgan fingerprint density at radius 2 is 1.59 bits per heavy atom. The van der Waals surface area contributed by atoms with Crippen molar-refractivity contribution in [3.63, 3.8) is 0 Å². The first-order valence-corrected chi connectivity index (χ1v) is 10.0. The summed E-state index contributed by atoms with van der Waals surface area (Å²) < 4.78 is 10.1. The minimum atomic E-state index is -0.849. The van der Waals surface area contributed by atoms with E-state index in [2.05, 4.69) is 13.8 Å². The minimum Gasteiger partial charge on any atom is -0.434 e. The molecule has 0 fully saturated rings. The number of hydrogen-bond donors (Lipinski definition) is 0. The van der Waals surface area contributed by atoms with Crippen LogP contribution in [0, 0.1) is 0 Å². The molecule has 5 nitrogen and oxygen atoms in total. The lowest BCUT2D eigenvalue weighted by atomic mass is 10.0. The maximum atomic E-state index is 12.2. The highest BCUT2D eigenvalue weighted by Crippen LogP contribution is 2.21. The van der Waals surface area contributed by atoms with Crippen molar-refractivity contribution in [2.75, 3.05) is 6.61 Å². The van der Waals surface area contributed by atoms with Gasteiger partial charge in [0.1, 0.15) is 5.75 Å². The van der Waals surface area contributed by atoms with Gasteiger partial charge in [0, 0.05) is 12.0 Å². The predicted molar refractivity (Wildman–Crippen MR) is 105 cm³/mol. The molecule has 1 rings (SSSR count). The van der Waals surface area contributed by atoms with Crippen molar-refractivity contribution >= 4 is 18.2 Å². The number of rotatable bonds is 14. The fourth-order valence-corrected chi connectivity index (χ4v) is 2.71. The highest BCUT2D eigenvalue weighted by molar-refractivity contribution is 5.98. The maximum Gasteiger partial charge on any atom is 0.513 e. The summed E-state index contributed by atoms with van der Waals surface area (Å²) in [6.45, 7) is 4.54. The monoisotopic (exact) mass is 375 g/mol. The van der Waals surface area contributed by atoms with Gasteiger partial charge >= 0.3 is 6.16 Å². The van der Waals surface area contributed by atoms with E-state index in [9.17, 15) is 14.4 Å². The predicted octanol–water partition coefficient (Wildman–Crippen LogP) is 5.78. The van der Waals surface area contributed by atoms with E-state index in [1.54, 1.807) is 12.4 Å². The second-order valence-electron chi connectivity index (χ2n) is 6.66. The Labute approximate surface area is 162 Å². The second kappa shape index (κ2) is 14.0. The van der Waals surface area contributed by atoms with Crippen molar-refractivity contribution in [2.24, 2.45) is 0 Å². The number of hydrogen-bond acceptors (Lipinski definition) is 5. The molecule has 1 aromatic rings. The molecule has 1 aromatic carbocycles.